The molecule has 0 aromatic heterocycles. The molecule has 5 heteroatoms. The summed E-state index contributed by atoms with van der Waals surface area (Å²) in [6, 6.07) is 16.4. The average molecular weight is 395 g/mol. The lowest BCUT2D eigenvalue weighted by Crippen LogP contribution is -2.48. The lowest BCUT2D eigenvalue weighted by molar-refractivity contribution is -0.114. The highest BCUT2D eigenvalue weighted by Gasteiger charge is 2.40. The van der Waals surface area contributed by atoms with Gasteiger partial charge in [-0.25, -0.2) is 0 Å². The second-order valence-corrected chi connectivity index (χ2v) is 8.54. The van der Waals surface area contributed by atoms with Crippen molar-refractivity contribution in [3.8, 4) is 5.75 Å². The molecule has 29 heavy (non-hydrogen) atoms. The number of ether oxygens (including phenoxy) is 1. The Morgan fingerprint density at radius 3 is 2.59 bits per heavy atom. The molecule has 2 aromatic carbocycles. The lowest BCUT2D eigenvalue weighted by Gasteiger charge is -2.41. The van der Waals surface area contributed by atoms with Crippen LogP contribution in [0.2, 0.25) is 0 Å². The third-order valence-electron chi connectivity index (χ3n) is 6.16. The summed E-state index contributed by atoms with van der Waals surface area (Å²) in [5.74, 6) is 1.34. The van der Waals surface area contributed by atoms with Gasteiger partial charge in [-0.15, -0.1) is 0 Å². The quantitative estimate of drug-likeness (QED) is 0.824. The van der Waals surface area contributed by atoms with Crippen molar-refractivity contribution in [1.29, 1.82) is 0 Å². The van der Waals surface area contributed by atoms with E-state index in [0.29, 0.717) is 5.92 Å². The molecule has 0 atom stereocenters. The van der Waals surface area contributed by atoms with Crippen LogP contribution in [0, 0.1) is 5.92 Å². The largest absolute Gasteiger partial charge is 0.486 e. The normalized spacial score (nSPS) is 24.4. The predicted molar refractivity (Wildman–Crippen MR) is 114 cm³/mol. The van der Waals surface area contributed by atoms with Crippen LogP contribution < -0.4 is 10.1 Å². The number of aliphatic hydroxyl groups excluding tert-OH is 1. The van der Waals surface area contributed by atoms with Crippen LogP contribution in [0.15, 0.2) is 48.5 Å². The highest BCUT2D eigenvalue weighted by molar-refractivity contribution is 5.88. The minimum atomic E-state index is -0.186. The first-order chi connectivity index (χ1) is 14.0. The van der Waals surface area contributed by atoms with Gasteiger partial charge in [-0.1, -0.05) is 30.3 Å². The summed E-state index contributed by atoms with van der Waals surface area (Å²) < 4.78 is 6.64. The van der Waals surface area contributed by atoms with Crippen LogP contribution in [0.3, 0.4) is 0 Å². The van der Waals surface area contributed by atoms with E-state index >= 15 is 0 Å². The maximum atomic E-state index is 11.2. The van der Waals surface area contributed by atoms with Crippen molar-refractivity contribution in [3.63, 3.8) is 0 Å². The summed E-state index contributed by atoms with van der Waals surface area (Å²) in [5.41, 5.74) is 3.08. The maximum absolute atomic E-state index is 11.2. The third kappa shape index (κ3) is 4.80. The molecule has 1 heterocycles. The van der Waals surface area contributed by atoms with Crippen LogP contribution in [0.5, 0.6) is 5.75 Å². The molecule has 2 N–H and O–H groups in total. The molecule has 4 rings (SSSR count). The zero-order valence-electron chi connectivity index (χ0n) is 17.1. The zero-order valence-corrected chi connectivity index (χ0v) is 17.1. The molecule has 0 saturated heterocycles. The second kappa shape index (κ2) is 8.56. The number of nitrogens with zero attached hydrogens (tertiary/aromatic N) is 1. The van der Waals surface area contributed by atoms with Gasteiger partial charge in [0.25, 0.3) is 0 Å². The summed E-state index contributed by atoms with van der Waals surface area (Å²) in [5, 5.41) is 12.4. The van der Waals surface area contributed by atoms with Crippen LogP contribution in [0.25, 0.3) is 0 Å². The van der Waals surface area contributed by atoms with Gasteiger partial charge in [0.05, 0.1) is 0 Å². The van der Waals surface area contributed by atoms with Crippen molar-refractivity contribution in [2.75, 3.05) is 18.5 Å². The van der Waals surface area contributed by atoms with Crippen molar-refractivity contribution in [2.24, 2.45) is 5.92 Å². The number of fused-ring (bicyclic) bond motifs is 1. The summed E-state index contributed by atoms with van der Waals surface area (Å²) in [6.07, 6.45) is 3.98. The lowest BCUT2D eigenvalue weighted by atomic mass is 9.78. The SMILES string of the molecule is CC(=O)Nc1ccc(CN2Cc3ccccc3OC3(CCC(CO)CC3)C2)cc1. The average Bonchev–Trinajstić information content (AvgIpc) is 2.85. The summed E-state index contributed by atoms with van der Waals surface area (Å²) in [6.45, 7) is 4.37. The molecule has 1 saturated carbocycles. The van der Waals surface area contributed by atoms with Crippen molar-refractivity contribution >= 4 is 11.6 Å². The van der Waals surface area contributed by atoms with E-state index in [1.54, 1.807) is 0 Å². The van der Waals surface area contributed by atoms with Crippen molar-refractivity contribution in [2.45, 2.75) is 51.3 Å². The van der Waals surface area contributed by atoms with Gasteiger partial charge < -0.3 is 15.2 Å². The Hall–Kier alpha value is -2.37. The van der Waals surface area contributed by atoms with E-state index in [1.807, 2.05) is 18.2 Å². The maximum Gasteiger partial charge on any atom is 0.221 e. The van der Waals surface area contributed by atoms with E-state index in [1.165, 1.54) is 18.1 Å². The van der Waals surface area contributed by atoms with Crippen LogP contribution in [-0.4, -0.2) is 34.7 Å². The van der Waals surface area contributed by atoms with E-state index in [-0.39, 0.29) is 18.1 Å². The molecule has 2 aliphatic rings. The van der Waals surface area contributed by atoms with Gasteiger partial charge in [0.2, 0.25) is 5.91 Å². The molecule has 2 aromatic rings. The van der Waals surface area contributed by atoms with Gasteiger partial charge in [0, 0.05) is 44.4 Å². The van der Waals surface area contributed by atoms with Crippen LogP contribution >= 0.6 is 0 Å². The number of carbonyl (C=O) groups is 1. The van der Waals surface area contributed by atoms with Crippen LogP contribution in [-0.2, 0) is 17.9 Å². The van der Waals surface area contributed by atoms with Gasteiger partial charge in [0.15, 0.2) is 0 Å². The monoisotopic (exact) mass is 394 g/mol. The van der Waals surface area contributed by atoms with Gasteiger partial charge >= 0.3 is 0 Å². The summed E-state index contributed by atoms with van der Waals surface area (Å²) >= 11 is 0. The Bertz CT molecular complexity index is 841. The molecule has 1 aliphatic carbocycles. The van der Waals surface area contributed by atoms with Gasteiger partial charge in [-0.05, 0) is 55.4 Å². The summed E-state index contributed by atoms with van der Waals surface area (Å²) in [7, 11) is 0. The van der Waals surface area contributed by atoms with Crippen molar-refractivity contribution in [3.05, 3.63) is 59.7 Å². The first-order valence-corrected chi connectivity index (χ1v) is 10.5. The summed E-state index contributed by atoms with van der Waals surface area (Å²) in [4.78, 5) is 13.7. The first kappa shape index (κ1) is 19.9. The van der Waals surface area contributed by atoms with E-state index in [2.05, 4.69) is 40.5 Å². The number of carbonyl (C=O) groups excluding carboxylic acids is 1. The van der Waals surface area contributed by atoms with Gasteiger partial charge in [-0.2, -0.15) is 0 Å². The molecule has 154 valence electrons. The van der Waals surface area contributed by atoms with E-state index in [0.717, 1.165) is 56.8 Å². The fraction of sp³-hybridized carbons (Fsp3) is 0.458. The Balaban J connectivity index is 1.53. The molecule has 1 aliphatic heterocycles. The molecule has 1 fully saturated rings. The van der Waals surface area contributed by atoms with Crippen LogP contribution in [0.4, 0.5) is 5.69 Å². The van der Waals surface area contributed by atoms with E-state index in [9.17, 15) is 9.90 Å². The fourth-order valence-corrected chi connectivity index (χ4v) is 4.62. The molecular formula is C24H30N2O3. The second-order valence-electron chi connectivity index (χ2n) is 8.54. The number of para-hydroxylation sites is 1. The third-order valence-corrected chi connectivity index (χ3v) is 6.16. The Morgan fingerprint density at radius 2 is 1.90 bits per heavy atom. The molecule has 1 amide bonds. The number of benzene rings is 2. The minimum absolute atomic E-state index is 0.0561. The van der Waals surface area contributed by atoms with E-state index in [4.69, 9.17) is 4.74 Å². The van der Waals surface area contributed by atoms with E-state index < -0.39 is 0 Å². The number of anilines is 1. The highest BCUT2D eigenvalue weighted by atomic mass is 16.5. The Labute approximate surface area is 172 Å². The van der Waals surface area contributed by atoms with Crippen molar-refractivity contribution < 1.29 is 14.6 Å². The molecule has 0 bridgehead atoms. The topological polar surface area (TPSA) is 61.8 Å². The molecule has 5 nitrogen and oxygen atoms in total. The Kier molecular flexibility index (Phi) is 5.88. The molecular weight excluding hydrogens is 364 g/mol. The number of rotatable bonds is 4. The molecule has 1 spiro atoms. The predicted octanol–water partition coefficient (Wildman–Crippen LogP) is 3.96. The molecule has 0 radical (unpaired) electrons. The molecule has 0 unspecified atom stereocenters. The number of hydrogen-bond donors (Lipinski definition) is 2. The highest BCUT2D eigenvalue weighted by Crippen LogP contribution is 2.40. The zero-order chi connectivity index (χ0) is 20.3. The smallest absolute Gasteiger partial charge is 0.221 e. The number of nitrogens with one attached hydrogen (secondary N) is 1. The van der Waals surface area contributed by atoms with Gasteiger partial charge in [-0.3, -0.25) is 9.69 Å². The van der Waals surface area contributed by atoms with Gasteiger partial charge in [0.1, 0.15) is 11.4 Å². The standard InChI is InChI=1S/C24H30N2O3/c1-18(28)25-22-8-6-19(7-9-22)14-26-15-21-4-2-3-5-23(21)29-24(17-26)12-10-20(16-27)11-13-24/h2-9,20,27H,10-17H2,1H3,(H,25,28). The van der Waals surface area contributed by atoms with Crippen LogP contribution in [0.1, 0.15) is 43.7 Å². The van der Waals surface area contributed by atoms with Crippen molar-refractivity contribution in [1.82, 2.24) is 4.90 Å². The number of amides is 1. The number of hydrogen-bond acceptors (Lipinski definition) is 4. The minimum Gasteiger partial charge on any atom is -0.486 e. The Morgan fingerprint density at radius 1 is 1.17 bits per heavy atom. The first-order valence-electron chi connectivity index (χ1n) is 10.5. The fourth-order valence-electron chi connectivity index (χ4n) is 4.62. The number of aliphatic hydroxyl groups is 1.